The van der Waals surface area contributed by atoms with Crippen molar-refractivity contribution >= 4 is 22.2 Å². The van der Waals surface area contributed by atoms with Gasteiger partial charge in [-0.1, -0.05) is 0 Å². The van der Waals surface area contributed by atoms with Gasteiger partial charge in [-0.25, -0.2) is 0 Å². The number of benzene rings is 1. The molecule has 0 saturated heterocycles. The Hall–Kier alpha value is -1.88. The minimum Gasteiger partial charge on any atom is -0.493 e. The van der Waals surface area contributed by atoms with Crippen molar-refractivity contribution in [2.24, 2.45) is 0 Å². The van der Waals surface area contributed by atoms with Crippen LogP contribution in [0.25, 0.3) is 0 Å². The number of pyridine rings is 1. The molecule has 4 nitrogen and oxygen atoms in total. The zero-order chi connectivity index (χ0) is 13.7. The number of nitrogens with zero attached hydrogens (tertiary/aromatic N) is 1. The van der Waals surface area contributed by atoms with Gasteiger partial charge in [0.05, 0.1) is 11.6 Å². The van der Waals surface area contributed by atoms with Crippen molar-refractivity contribution in [1.29, 1.82) is 0 Å². The minimum absolute atomic E-state index is 0.401. The Bertz CT molecular complexity index is 572. The number of rotatable bonds is 5. The van der Waals surface area contributed by atoms with Crippen LogP contribution in [0.1, 0.15) is 15.9 Å². The van der Waals surface area contributed by atoms with Gasteiger partial charge in [0, 0.05) is 18.0 Å². The molecule has 0 aliphatic heterocycles. The second kappa shape index (κ2) is 6.33. The number of halogens is 1. The fourth-order valence-corrected chi connectivity index (χ4v) is 2.16. The second-order valence-corrected chi connectivity index (χ2v) is 4.65. The van der Waals surface area contributed by atoms with Crippen molar-refractivity contribution in [3.8, 4) is 11.5 Å². The van der Waals surface area contributed by atoms with E-state index in [0.29, 0.717) is 28.1 Å². The standard InChI is InChI=1S/C14H12BrNO3/c1-18-13-7-11(8-17)6-12(15)14(13)19-9-10-2-4-16-5-3-10/h2-8H,9H2,1H3. The Kier molecular flexibility index (Phi) is 4.52. The molecular formula is C14H12BrNO3. The van der Waals surface area contributed by atoms with Crippen molar-refractivity contribution in [2.45, 2.75) is 6.61 Å². The van der Waals surface area contributed by atoms with Crippen LogP contribution in [0.15, 0.2) is 41.1 Å². The van der Waals surface area contributed by atoms with E-state index in [4.69, 9.17) is 9.47 Å². The van der Waals surface area contributed by atoms with Crippen molar-refractivity contribution in [3.05, 3.63) is 52.3 Å². The molecule has 0 atom stereocenters. The highest BCUT2D eigenvalue weighted by molar-refractivity contribution is 9.10. The number of carbonyl (C=O) groups excluding carboxylic acids is 1. The lowest BCUT2D eigenvalue weighted by Gasteiger charge is -2.13. The Morgan fingerprint density at radius 3 is 2.68 bits per heavy atom. The van der Waals surface area contributed by atoms with Gasteiger partial charge in [0.2, 0.25) is 0 Å². The normalized spacial score (nSPS) is 10.0. The van der Waals surface area contributed by atoms with E-state index >= 15 is 0 Å². The summed E-state index contributed by atoms with van der Waals surface area (Å²) in [5, 5.41) is 0. The molecule has 0 saturated carbocycles. The van der Waals surface area contributed by atoms with Crippen LogP contribution in [0.4, 0.5) is 0 Å². The molecule has 2 aromatic rings. The van der Waals surface area contributed by atoms with E-state index in [0.717, 1.165) is 11.8 Å². The molecule has 0 radical (unpaired) electrons. The van der Waals surface area contributed by atoms with Crippen LogP contribution >= 0.6 is 15.9 Å². The average Bonchev–Trinajstić information content (AvgIpc) is 2.46. The van der Waals surface area contributed by atoms with E-state index in [1.807, 2.05) is 12.1 Å². The lowest BCUT2D eigenvalue weighted by molar-refractivity contribution is 0.112. The maximum Gasteiger partial charge on any atom is 0.175 e. The molecule has 98 valence electrons. The Labute approximate surface area is 119 Å². The third kappa shape index (κ3) is 3.32. The molecule has 0 spiro atoms. The lowest BCUT2D eigenvalue weighted by atomic mass is 10.2. The van der Waals surface area contributed by atoms with Gasteiger partial charge in [-0.05, 0) is 45.8 Å². The Balaban J connectivity index is 2.22. The summed E-state index contributed by atoms with van der Waals surface area (Å²) in [6.07, 6.45) is 4.18. The Morgan fingerprint density at radius 1 is 1.32 bits per heavy atom. The maximum atomic E-state index is 10.8. The molecule has 2 rings (SSSR count). The summed E-state index contributed by atoms with van der Waals surface area (Å²) in [5.41, 5.74) is 1.53. The summed E-state index contributed by atoms with van der Waals surface area (Å²) >= 11 is 3.38. The third-order valence-corrected chi connectivity index (χ3v) is 3.11. The highest BCUT2D eigenvalue weighted by Gasteiger charge is 2.11. The largest absolute Gasteiger partial charge is 0.493 e. The summed E-state index contributed by atoms with van der Waals surface area (Å²) in [5.74, 6) is 1.09. The molecule has 0 bridgehead atoms. The first-order chi connectivity index (χ1) is 9.24. The lowest BCUT2D eigenvalue weighted by Crippen LogP contribution is -1.99. The quantitative estimate of drug-likeness (QED) is 0.793. The molecule has 1 heterocycles. The molecule has 0 aliphatic rings. The molecule has 5 heteroatoms. The van der Waals surface area contributed by atoms with Crippen LogP contribution in [0, 0.1) is 0 Å². The first kappa shape index (κ1) is 13.5. The predicted octanol–water partition coefficient (Wildman–Crippen LogP) is 3.24. The Morgan fingerprint density at radius 2 is 2.05 bits per heavy atom. The molecule has 0 aliphatic carbocycles. The summed E-state index contributed by atoms with van der Waals surface area (Å²) < 4.78 is 11.6. The zero-order valence-corrected chi connectivity index (χ0v) is 11.9. The number of aromatic nitrogens is 1. The van der Waals surface area contributed by atoms with Crippen LogP contribution < -0.4 is 9.47 Å². The van der Waals surface area contributed by atoms with Gasteiger partial charge in [0.15, 0.2) is 11.5 Å². The van der Waals surface area contributed by atoms with Crippen LogP contribution in [0.5, 0.6) is 11.5 Å². The van der Waals surface area contributed by atoms with Gasteiger partial charge in [0.1, 0.15) is 12.9 Å². The van der Waals surface area contributed by atoms with E-state index in [2.05, 4.69) is 20.9 Å². The van der Waals surface area contributed by atoms with Gasteiger partial charge in [-0.15, -0.1) is 0 Å². The fourth-order valence-electron chi connectivity index (χ4n) is 1.58. The van der Waals surface area contributed by atoms with Gasteiger partial charge in [0.25, 0.3) is 0 Å². The van der Waals surface area contributed by atoms with E-state index in [9.17, 15) is 4.79 Å². The highest BCUT2D eigenvalue weighted by Crippen LogP contribution is 2.36. The molecule has 1 aromatic carbocycles. The molecular weight excluding hydrogens is 310 g/mol. The molecule has 0 N–H and O–H groups in total. The number of carbonyl (C=O) groups is 1. The van der Waals surface area contributed by atoms with Gasteiger partial charge >= 0.3 is 0 Å². The van der Waals surface area contributed by atoms with E-state index < -0.39 is 0 Å². The third-order valence-electron chi connectivity index (χ3n) is 2.52. The summed E-state index contributed by atoms with van der Waals surface area (Å²) in [6.45, 7) is 0.401. The van der Waals surface area contributed by atoms with Gasteiger partial charge in [-0.2, -0.15) is 0 Å². The van der Waals surface area contributed by atoms with Crippen molar-refractivity contribution in [1.82, 2.24) is 4.98 Å². The van der Waals surface area contributed by atoms with Crippen LogP contribution in [-0.2, 0) is 6.61 Å². The van der Waals surface area contributed by atoms with E-state index in [-0.39, 0.29) is 0 Å². The van der Waals surface area contributed by atoms with Gasteiger partial charge in [-0.3, -0.25) is 9.78 Å². The first-order valence-electron chi connectivity index (χ1n) is 5.59. The topological polar surface area (TPSA) is 48.4 Å². The van der Waals surface area contributed by atoms with E-state index in [1.54, 1.807) is 24.5 Å². The van der Waals surface area contributed by atoms with Crippen molar-refractivity contribution < 1.29 is 14.3 Å². The summed E-state index contributed by atoms with van der Waals surface area (Å²) in [4.78, 5) is 14.7. The average molecular weight is 322 g/mol. The first-order valence-corrected chi connectivity index (χ1v) is 6.38. The molecule has 0 unspecified atom stereocenters. The number of aldehydes is 1. The highest BCUT2D eigenvalue weighted by atomic mass is 79.9. The monoisotopic (exact) mass is 321 g/mol. The molecule has 19 heavy (non-hydrogen) atoms. The summed E-state index contributed by atoms with van der Waals surface area (Å²) in [6, 6.07) is 7.08. The second-order valence-electron chi connectivity index (χ2n) is 3.80. The molecule has 0 fully saturated rings. The van der Waals surface area contributed by atoms with Crippen LogP contribution in [0.2, 0.25) is 0 Å². The zero-order valence-electron chi connectivity index (χ0n) is 10.3. The van der Waals surface area contributed by atoms with E-state index in [1.165, 1.54) is 7.11 Å². The molecule has 0 amide bonds. The fraction of sp³-hybridized carbons (Fsp3) is 0.143. The molecule has 1 aromatic heterocycles. The maximum absolute atomic E-state index is 10.8. The van der Waals surface area contributed by atoms with Crippen LogP contribution in [-0.4, -0.2) is 18.4 Å². The number of hydrogen-bond donors (Lipinski definition) is 0. The van der Waals surface area contributed by atoms with Crippen LogP contribution in [0.3, 0.4) is 0 Å². The minimum atomic E-state index is 0.401. The number of ether oxygens (including phenoxy) is 2. The van der Waals surface area contributed by atoms with Gasteiger partial charge < -0.3 is 9.47 Å². The number of methoxy groups -OCH3 is 1. The summed E-state index contributed by atoms with van der Waals surface area (Å²) in [7, 11) is 1.54. The number of hydrogen-bond acceptors (Lipinski definition) is 4. The SMILES string of the molecule is COc1cc(C=O)cc(Br)c1OCc1ccncc1. The predicted molar refractivity (Wildman–Crippen MR) is 74.7 cm³/mol. The van der Waals surface area contributed by atoms with Crippen molar-refractivity contribution in [2.75, 3.05) is 7.11 Å². The smallest absolute Gasteiger partial charge is 0.175 e. The van der Waals surface area contributed by atoms with Crippen molar-refractivity contribution in [3.63, 3.8) is 0 Å².